The fourth-order valence-electron chi connectivity index (χ4n) is 2.28. The standard InChI is InChI=1S/C14H15ClN4O5S2/c1-25(21,22)10-5-4-9(19-17)13(16)12(10)14(20)7-2-3-8(15)11(6-7)26(18,23)24/h2-6,19H,16-17H2,1H3,(H2,18,23,24). The normalized spacial score (nSPS) is 12.0. The number of carbonyl (C=O) groups is 1. The van der Waals surface area contributed by atoms with E-state index in [0.717, 1.165) is 18.4 Å². The molecule has 0 fully saturated rings. The van der Waals surface area contributed by atoms with Crippen molar-refractivity contribution < 1.29 is 21.6 Å². The van der Waals surface area contributed by atoms with Crippen LogP contribution in [0.3, 0.4) is 0 Å². The van der Waals surface area contributed by atoms with Crippen LogP contribution in [0.4, 0.5) is 11.4 Å². The summed E-state index contributed by atoms with van der Waals surface area (Å²) in [5, 5.41) is 4.89. The van der Waals surface area contributed by atoms with Crippen LogP contribution in [0.2, 0.25) is 5.02 Å². The number of nitrogens with one attached hydrogen (secondary N) is 1. The van der Waals surface area contributed by atoms with Gasteiger partial charge in [0.1, 0.15) is 4.90 Å². The zero-order valence-corrected chi connectivity index (χ0v) is 15.7. The van der Waals surface area contributed by atoms with Gasteiger partial charge in [0.25, 0.3) is 0 Å². The third kappa shape index (κ3) is 3.81. The van der Waals surface area contributed by atoms with E-state index in [-0.39, 0.29) is 32.4 Å². The Kier molecular flexibility index (Phi) is 5.31. The molecule has 0 unspecified atom stereocenters. The molecule has 0 radical (unpaired) electrons. The quantitative estimate of drug-likeness (QED) is 0.234. The highest BCUT2D eigenvalue weighted by atomic mass is 35.5. The SMILES string of the molecule is CS(=O)(=O)c1ccc(NN)c(N)c1C(=O)c1ccc(Cl)c(S(N)(=O)=O)c1. The van der Waals surface area contributed by atoms with E-state index in [0.29, 0.717) is 0 Å². The summed E-state index contributed by atoms with van der Waals surface area (Å²) in [4.78, 5) is 12.1. The summed E-state index contributed by atoms with van der Waals surface area (Å²) < 4.78 is 47.2. The van der Waals surface area contributed by atoms with Crippen LogP contribution in [0.25, 0.3) is 0 Å². The van der Waals surface area contributed by atoms with Crippen molar-refractivity contribution in [2.75, 3.05) is 17.4 Å². The molecule has 0 aliphatic heterocycles. The molecule has 7 N–H and O–H groups in total. The number of hydrogen-bond donors (Lipinski definition) is 4. The lowest BCUT2D eigenvalue weighted by molar-refractivity contribution is 0.103. The van der Waals surface area contributed by atoms with E-state index in [1.54, 1.807) is 0 Å². The Morgan fingerprint density at radius 3 is 2.19 bits per heavy atom. The number of hydrazine groups is 1. The van der Waals surface area contributed by atoms with Gasteiger partial charge < -0.3 is 11.2 Å². The summed E-state index contributed by atoms with van der Waals surface area (Å²) in [6.07, 6.45) is 0.908. The molecule has 2 aromatic carbocycles. The van der Waals surface area contributed by atoms with Gasteiger partial charge in [-0.3, -0.25) is 10.6 Å². The number of ketones is 1. The maximum atomic E-state index is 12.9. The Morgan fingerprint density at radius 2 is 1.69 bits per heavy atom. The highest BCUT2D eigenvalue weighted by Gasteiger charge is 2.26. The first-order valence-corrected chi connectivity index (χ1v) is 10.7. The number of sulfonamides is 1. The largest absolute Gasteiger partial charge is 0.396 e. The van der Waals surface area contributed by atoms with E-state index in [1.807, 2.05) is 0 Å². The Labute approximate surface area is 155 Å². The van der Waals surface area contributed by atoms with Crippen LogP contribution in [0.15, 0.2) is 40.1 Å². The predicted octanol–water partition coefficient (Wildman–Crippen LogP) is 0.490. The van der Waals surface area contributed by atoms with Crippen LogP contribution >= 0.6 is 11.6 Å². The van der Waals surface area contributed by atoms with E-state index in [4.69, 9.17) is 28.3 Å². The molecule has 0 amide bonds. The Morgan fingerprint density at radius 1 is 1.08 bits per heavy atom. The van der Waals surface area contributed by atoms with Gasteiger partial charge in [0.2, 0.25) is 10.0 Å². The van der Waals surface area contributed by atoms with Crippen LogP contribution in [0.1, 0.15) is 15.9 Å². The second kappa shape index (κ2) is 6.85. The van der Waals surface area contributed by atoms with Gasteiger partial charge in [-0.05, 0) is 30.3 Å². The fraction of sp³-hybridized carbons (Fsp3) is 0.0714. The molecule has 0 saturated heterocycles. The van der Waals surface area contributed by atoms with E-state index >= 15 is 0 Å². The molecule has 9 nitrogen and oxygen atoms in total. The summed E-state index contributed by atoms with van der Waals surface area (Å²) >= 11 is 5.80. The van der Waals surface area contributed by atoms with Crippen molar-refractivity contribution in [2.45, 2.75) is 9.79 Å². The average Bonchev–Trinajstić information content (AvgIpc) is 2.52. The lowest BCUT2D eigenvalue weighted by Gasteiger charge is -2.14. The first-order chi connectivity index (χ1) is 11.9. The molecular weight excluding hydrogens is 404 g/mol. The van der Waals surface area contributed by atoms with Crippen LogP contribution in [-0.4, -0.2) is 28.9 Å². The van der Waals surface area contributed by atoms with E-state index < -0.39 is 30.5 Å². The second-order valence-electron chi connectivity index (χ2n) is 5.34. The van der Waals surface area contributed by atoms with Crippen LogP contribution < -0.4 is 22.1 Å². The topological polar surface area (TPSA) is 175 Å². The minimum atomic E-state index is -4.20. The lowest BCUT2D eigenvalue weighted by atomic mass is 10.0. The number of primary sulfonamides is 1. The van der Waals surface area contributed by atoms with Crippen LogP contribution in [0.5, 0.6) is 0 Å². The number of anilines is 2. The van der Waals surface area contributed by atoms with Gasteiger partial charge in [0.15, 0.2) is 15.6 Å². The lowest BCUT2D eigenvalue weighted by Crippen LogP contribution is -2.17. The third-order valence-electron chi connectivity index (χ3n) is 3.49. The van der Waals surface area contributed by atoms with E-state index in [1.165, 1.54) is 18.2 Å². The van der Waals surface area contributed by atoms with Crippen molar-refractivity contribution >= 4 is 48.6 Å². The number of halogens is 1. The molecule has 140 valence electrons. The number of carbonyl (C=O) groups excluding carboxylic acids is 1. The summed E-state index contributed by atoms with van der Waals surface area (Å²) in [5.74, 6) is 4.48. The van der Waals surface area contributed by atoms with Gasteiger partial charge in [-0.15, -0.1) is 0 Å². The average molecular weight is 419 g/mol. The molecule has 2 aromatic rings. The highest BCUT2D eigenvalue weighted by Crippen LogP contribution is 2.32. The zero-order chi connectivity index (χ0) is 19.9. The molecule has 0 aliphatic carbocycles. The molecule has 0 atom stereocenters. The minimum Gasteiger partial charge on any atom is -0.396 e. The number of nitrogen functional groups attached to an aromatic ring is 2. The highest BCUT2D eigenvalue weighted by molar-refractivity contribution is 7.90. The Balaban J connectivity index is 2.79. The maximum Gasteiger partial charge on any atom is 0.239 e. The first-order valence-electron chi connectivity index (χ1n) is 6.84. The van der Waals surface area contributed by atoms with Crippen molar-refractivity contribution in [3.63, 3.8) is 0 Å². The molecule has 0 aromatic heterocycles. The number of benzene rings is 2. The molecule has 0 saturated carbocycles. The van der Waals surface area contributed by atoms with Crippen molar-refractivity contribution in [2.24, 2.45) is 11.0 Å². The monoisotopic (exact) mass is 418 g/mol. The summed E-state index contributed by atoms with van der Waals surface area (Å²) in [6, 6.07) is 5.82. The predicted molar refractivity (Wildman–Crippen MR) is 98.0 cm³/mol. The molecule has 26 heavy (non-hydrogen) atoms. The van der Waals surface area contributed by atoms with E-state index in [9.17, 15) is 21.6 Å². The molecule has 2 rings (SSSR count). The fourth-order valence-corrected chi connectivity index (χ4v) is 4.24. The molecule has 0 bridgehead atoms. The van der Waals surface area contributed by atoms with Crippen LogP contribution in [0, 0.1) is 0 Å². The molecule has 0 spiro atoms. The number of sulfone groups is 1. The van der Waals surface area contributed by atoms with E-state index in [2.05, 4.69) is 5.43 Å². The van der Waals surface area contributed by atoms with Gasteiger partial charge >= 0.3 is 0 Å². The molecule has 0 heterocycles. The van der Waals surface area contributed by atoms with Gasteiger partial charge in [-0.25, -0.2) is 22.0 Å². The molecular formula is C14H15ClN4O5S2. The van der Waals surface area contributed by atoms with Gasteiger partial charge in [-0.2, -0.15) is 0 Å². The first kappa shape index (κ1) is 20.1. The third-order valence-corrected chi connectivity index (χ3v) is 6.02. The summed E-state index contributed by atoms with van der Waals surface area (Å²) in [6.45, 7) is 0. The summed E-state index contributed by atoms with van der Waals surface area (Å²) in [7, 11) is -8.02. The van der Waals surface area contributed by atoms with Crippen molar-refractivity contribution in [3.8, 4) is 0 Å². The Bertz CT molecular complexity index is 1110. The zero-order valence-electron chi connectivity index (χ0n) is 13.4. The van der Waals surface area contributed by atoms with Crippen molar-refractivity contribution in [1.82, 2.24) is 0 Å². The number of nitrogens with two attached hydrogens (primary N) is 3. The van der Waals surface area contributed by atoms with Gasteiger partial charge in [0.05, 0.1) is 26.9 Å². The smallest absolute Gasteiger partial charge is 0.239 e. The number of rotatable bonds is 5. The van der Waals surface area contributed by atoms with Crippen molar-refractivity contribution in [1.29, 1.82) is 0 Å². The summed E-state index contributed by atoms with van der Waals surface area (Å²) in [5.41, 5.74) is 7.56. The molecule has 12 heteroatoms. The van der Waals surface area contributed by atoms with Crippen LogP contribution in [-0.2, 0) is 19.9 Å². The number of hydrogen-bond acceptors (Lipinski definition) is 8. The Hall–Kier alpha value is -2.18. The maximum absolute atomic E-state index is 12.9. The van der Waals surface area contributed by atoms with Crippen molar-refractivity contribution in [3.05, 3.63) is 46.5 Å². The molecule has 0 aliphatic rings. The minimum absolute atomic E-state index is 0.126. The second-order valence-corrected chi connectivity index (χ2v) is 9.26. The van der Waals surface area contributed by atoms with Gasteiger partial charge in [0, 0.05) is 11.8 Å². The van der Waals surface area contributed by atoms with Gasteiger partial charge in [-0.1, -0.05) is 11.6 Å².